The Labute approximate surface area is 255 Å². The summed E-state index contributed by atoms with van der Waals surface area (Å²) in [5.74, 6) is -2.82. The van der Waals surface area contributed by atoms with Crippen molar-refractivity contribution in [1.82, 2.24) is 10.6 Å². The second-order valence-electron chi connectivity index (χ2n) is 10.2. The van der Waals surface area contributed by atoms with Crippen LogP contribution in [0.3, 0.4) is 0 Å². The zero-order valence-electron chi connectivity index (χ0n) is 24.5. The maximum atomic E-state index is 13.8. The summed E-state index contributed by atoms with van der Waals surface area (Å²) < 4.78 is 15.4. The van der Waals surface area contributed by atoms with Crippen molar-refractivity contribution >= 4 is 23.7 Å². The van der Waals surface area contributed by atoms with Crippen molar-refractivity contribution in [2.24, 2.45) is 5.73 Å². The Morgan fingerprint density at radius 2 is 1.48 bits per heavy atom. The van der Waals surface area contributed by atoms with Crippen molar-refractivity contribution in [1.29, 1.82) is 0 Å². The smallest absolute Gasteiger partial charge is 0.373 e. The minimum absolute atomic E-state index is 0.0159. The first-order valence-electron chi connectivity index (χ1n) is 14.1. The molecule has 228 valence electrons. The van der Waals surface area contributed by atoms with E-state index in [1.807, 2.05) is 91.9 Å². The van der Waals surface area contributed by atoms with E-state index in [0.29, 0.717) is 5.76 Å². The quantitative estimate of drug-likeness (QED) is 0.199. The Morgan fingerprint density at radius 3 is 2.09 bits per heavy atom. The zero-order valence-corrected chi connectivity index (χ0v) is 24.5. The highest BCUT2D eigenvalue weighted by atomic mass is 16.5. The molecule has 0 aliphatic carbocycles. The number of carbonyl (C=O) groups excluding carboxylic acids is 4. The van der Waals surface area contributed by atoms with Crippen molar-refractivity contribution < 1.29 is 33.1 Å². The number of nitrogens with two attached hydrogens (primary N) is 1. The van der Waals surface area contributed by atoms with Crippen LogP contribution in [0.4, 0.5) is 0 Å². The third-order valence-corrected chi connectivity index (χ3v) is 6.86. The number of hydrogen-bond acceptors (Lipinski definition) is 8. The average molecular weight is 598 g/mol. The molecule has 0 spiro atoms. The lowest BCUT2D eigenvalue weighted by atomic mass is 9.90. The first kappa shape index (κ1) is 31.9. The molecule has 0 fully saturated rings. The summed E-state index contributed by atoms with van der Waals surface area (Å²) in [6.07, 6.45) is 0.148. The highest BCUT2D eigenvalue weighted by molar-refractivity contribution is 6.02. The van der Waals surface area contributed by atoms with Crippen LogP contribution in [0, 0.1) is 6.92 Å². The van der Waals surface area contributed by atoms with Gasteiger partial charge in [0.15, 0.2) is 0 Å². The van der Waals surface area contributed by atoms with E-state index in [9.17, 15) is 19.2 Å². The SMILES string of the molecule is COC(=O)c1ccc(COC[C@H](N)C(=O)NC(=O)[C@H](Cc2cccc(C)c2)NC(=O)C(c2ccccc2)c2ccccc2)o1. The number of esters is 1. The van der Waals surface area contributed by atoms with Gasteiger partial charge in [0.25, 0.3) is 0 Å². The average Bonchev–Trinajstić information content (AvgIpc) is 3.50. The summed E-state index contributed by atoms with van der Waals surface area (Å²) in [6.45, 7) is 1.64. The minimum Gasteiger partial charge on any atom is -0.463 e. The predicted octanol–water partition coefficient (Wildman–Crippen LogP) is 3.42. The molecule has 3 aromatic carbocycles. The second kappa shape index (κ2) is 15.4. The number of benzene rings is 3. The van der Waals surface area contributed by atoms with Crippen LogP contribution in [0.25, 0.3) is 0 Å². The molecule has 2 atom stereocenters. The van der Waals surface area contributed by atoms with Gasteiger partial charge in [0.05, 0.1) is 19.6 Å². The van der Waals surface area contributed by atoms with Gasteiger partial charge >= 0.3 is 5.97 Å². The number of ether oxygens (including phenoxy) is 2. The molecule has 0 saturated heterocycles. The molecule has 1 aromatic heterocycles. The van der Waals surface area contributed by atoms with Gasteiger partial charge < -0.3 is 24.9 Å². The van der Waals surface area contributed by atoms with E-state index in [0.717, 1.165) is 22.3 Å². The molecule has 0 unspecified atom stereocenters. The lowest BCUT2D eigenvalue weighted by Crippen LogP contribution is -2.54. The van der Waals surface area contributed by atoms with Gasteiger partial charge in [-0.15, -0.1) is 0 Å². The number of amides is 3. The minimum atomic E-state index is -1.19. The highest BCUT2D eigenvalue weighted by Crippen LogP contribution is 2.25. The number of nitrogens with one attached hydrogen (secondary N) is 2. The van der Waals surface area contributed by atoms with E-state index in [1.54, 1.807) is 0 Å². The monoisotopic (exact) mass is 597 g/mol. The summed E-state index contributed by atoms with van der Waals surface area (Å²) in [4.78, 5) is 51.7. The van der Waals surface area contributed by atoms with Crippen molar-refractivity contribution in [2.75, 3.05) is 13.7 Å². The largest absolute Gasteiger partial charge is 0.463 e. The van der Waals surface area contributed by atoms with E-state index < -0.39 is 35.8 Å². The number of aryl methyl sites for hydroxylation is 1. The highest BCUT2D eigenvalue weighted by Gasteiger charge is 2.30. The van der Waals surface area contributed by atoms with Crippen LogP contribution in [0.1, 0.15) is 44.5 Å². The summed E-state index contributed by atoms with van der Waals surface area (Å²) in [6, 6.07) is 26.8. The fourth-order valence-corrected chi connectivity index (χ4v) is 4.65. The lowest BCUT2D eigenvalue weighted by molar-refractivity contribution is -0.135. The molecule has 4 rings (SSSR count). The van der Waals surface area contributed by atoms with Gasteiger partial charge in [-0.1, -0.05) is 90.5 Å². The molecule has 4 N–H and O–H groups in total. The maximum absolute atomic E-state index is 13.8. The topological polar surface area (TPSA) is 150 Å². The molecule has 0 radical (unpaired) electrons. The molecule has 1 heterocycles. The van der Waals surface area contributed by atoms with Crippen LogP contribution in [0.2, 0.25) is 0 Å². The molecule has 0 bridgehead atoms. The molecule has 10 heteroatoms. The summed E-state index contributed by atoms with van der Waals surface area (Å²) in [5, 5.41) is 5.21. The Bertz CT molecular complexity index is 1530. The van der Waals surface area contributed by atoms with Crippen LogP contribution < -0.4 is 16.4 Å². The Balaban J connectivity index is 1.45. The first-order chi connectivity index (χ1) is 21.2. The summed E-state index contributed by atoms with van der Waals surface area (Å²) in [5.41, 5.74) is 9.32. The van der Waals surface area contributed by atoms with Crippen LogP contribution in [0.5, 0.6) is 0 Å². The molecular weight excluding hydrogens is 562 g/mol. The number of rotatable bonds is 13. The van der Waals surface area contributed by atoms with Crippen LogP contribution in [-0.4, -0.2) is 49.5 Å². The first-order valence-corrected chi connectivity index (χ1v) is 14.1. The van der Waals surface area contributed by atoms with Crippen molar-refractivity contribution in [3.63, 3.8) is 0 Å². The molecule has 10 nitrogen and oxygen atoms in total. The zero-order chi connectivity index (χ0) is 31.5. The van der Waals surface area contributed by atoms with Crippen molar-refractivity contribution in [2.45, 2.75) is 38.0 Å². The van der Waals surface area contributed by atoms with E-state index in [1.165, 1.54) is 19.2 Å². The number of imide groups is 1. The molecule has 3 amide bonds. The van der Waals surface area contributed by atoms with E-state index in [4.69, 9.17) is 14.9 Å². The third-order valence-electron chi connectivity index (χ3n) is 6.86. The van der Waals surface area contributed by atoms with Crippen molar-refractivity contribution in [3.05, 3.63) is 131 Å². The molecule has 44 heavy (non-hydrogen) atoms. The number of carbonyl (C=O) groups is 4. The summed E-state index contributed by atoms with van der Waals surface area (Å²) in [7, 11) is 1.24. The van der Waals surface area contributed by atoms with E-state index in [2.05, 4.69) is 15.4 Å². The van der Waals surface area contributed by atoms with Gasteiger partial charge in [-0.05, 0) is 35.7 Å². The Hall–Kier alpha value is -5.06. The Kier molecular flexibility index (Phi) is 11.2. The summed E-state index contributed by atoms with van der Waals surface area (Å²) >= 11 is 0. The van der Waals surface area contributed by atoms with Gasteiger partial charge in [-0.3, -0.25) is 19.7 Å². The molecule has 0 aliphatic rings. The van der Waals surface area contributed by atoms with Crippen LogP contribution >= 0.6 is 0 Å². The van der Waals surface area contributed by atoms with Crippen LogP contribution in [-0.2, 0) is 36.9 Å². The predicted molar refractivity (Wildman–Crippen MR) is 162 cm³/mol. The van der Waals surface area contributed by atoms with Gasteiger partial charge in [-0.25, -0.2) is 4.79 Å². The van der Waals surface area contributed by atoms with Gasteiger partial charge in [0.2, 0.25) is 23.5 Å². The number of methoxy groups -OCH3 is 1. The van der Waals surface area contributed by atoms with E-state index >= 15 is 0 Å². The van der Waals surface area contributed by atoms with Gasteiger partial charge in [0, 0.05) is 6.42 Å². The van der Waals surface area contributed by atoms with Crippen LogP contribution in [0.15, 0.2) is 101 Å². The molecule has 0 aliphatic heterocycles. The molecule has 4 aromatic rings. The van der Waals surface area contributed by atoms with Gasteiger partial charge in [-0.2, -0.15) is 0 Å². The molecular formula is C34H35N3O7. The van der Waals surface area contributed by atoms with E-state index in [-0.39, 0.29) is 31.3 Å². The lowest BCUT2D eigenvalue weighted by Gasteiger charge is -2.23. The fraction of sp³-hybridized carbons (Fsp3) is 0.235. The molecule has 0 saturated carbocycles. The Morgan fingerprint density at radius 1 is 0.818 bits per heavy atom. The normalized spacial score (nSPS) is 12.3. The van der Waals surface area contributed by atoms with Gasteiger partial charge in [0.1, 0.15) is 24.5 Å². The number of hydrogen-bond donors (Lipinski definition) is 3. The third kappa shape index (κ3) is 8.73. The maximum Gasteiger partial charge on any atom is 0.373 e. The fourth-order valence-electron chi connectivity index (χ4n) is 4.65. The second-order valence-corrected chi connectivity index (χ2v) is 10.2. The number of furan rings is 1. The standard InChI is InChI=1S/C34H35N3O7/c1-22-10-9-11-23(18-22)19-28(36-33(40)30(24-12-5-3-6-13-24)25-14-7-4-8-15-25)32(39)37-31(38)27(35)21-43-20-26-16-17-29(44-26)34(41)42-2/h3-18,27-28,30H,19-21,35H2,1-2H3,(H,36,40)(H,37,38,39)/t27-,28-/m0/s1. The van der Waals surface area contributed by atoms with Crippen molar-refractivity contribution in [3.8, 4) is 0 Å².